The first-order valence-electron chi connectivity index (χ1n) is 10.7. The molecule has 6 nitrogen and oxygen atoms in total. The Balaban J connectivity index is 1.42. The van der Waals surface area contributed by atoms with Crippen molar-refractivity contribution in [2.75, 3.05) is 16.8 Å². The first-order valence-corrected chi connectivity index (χ1v) is 10.7. The lowest BCUT2D eigenvalue weighted by Gasteiger charge is -2.17. The molecular weight excluding hydrogens is 421 g/mol. The van der Waals surface area contributed by atoms with E-state index in [2.05, 4.69) is 10.6 Å². The van der Waals surface area contributed by atoms with Gasteiger partial charge in [-0.05, 0) is 54.4 Å². The first kappa shape index (κ1) is 22.2. The fraction of sp³-hybridized carbons (Fsp3) is 0.192. The summed E-state index contributed by atoms with van der Waals surface area (Å²) in [6, 6.07) is 20.2. The average molecular weight is 445 g/mol. The van der Waals surface area contributed by atoms with Gasteiger partial charge in [0.25, 0.3) is 5.91 Å². The summed E-state index contributed by atoms with van der Waals surface area (Å²) in [5, 5.41) is 5.70. The molecule has 0 aromatic heterocycles. The van der Waals surface area contributed by atoms with E-state index in [0.29, 0.717) is 23.5 Å². The predicted molar refractivity (Wildman–Crippen MR) is 124 cm³/mol. The Morgan fingerprint density at radius 3 is 2.45 bits per heavy atom. The first-order chi connectivity index (χ1) is 15.9. The van der Waals surface area contributed by atoms with Crippen LogP contribution in [0.2, 0.25) is 0 Å². The van der Waals surface area contributed by atoms with Crippen LogP contribution in [0, 0.1) is 18.7 Å². The second kappa shape index (κ2) is 9.65. The monoisotopic (exact) mass is 445 g/mol. The van der Waals surface area contributed by atoms with Crippen molar-refractivity contribution in [2.45, 2.75) is 19.9 Å². The summed E-state index contributed by atoms with van der Waals surface area (Å²) in [5.41, 5.74) is 3.37. The number of nitrogens with zero attached hydrogens (tertiary/aromatic N) is 1. The Hall–Kier alpha value is -4.00. The highest BCUT2D eigenvalue weighted by atomic mass is 19.1. The van der Waals surface area contributed by atoms with Crippen molar-refractivity contribution in [1.82, 2.24) is 5.32 Å². The minimum atomic E-state index is -0.578. The molecule has 168 valence electrons. The number of carbonyl (C=O) groups excluding carboxylic acids is 3. The van der Waals surface area contributed by atoms with Gasteiger partial charge in [-0.25, -0.2) is 4.39 Å². The number of rotatable bonds is 6. The highest BCUT2D eigenvalue weighted by Gasteiger charge is 2.35. The van der Waals surface area contributed by atoms with Gasteiger partial charge in [-0.1, -0.05) is 36.4 Å². The summed E-state index contributed by atoms with van der Waals surface area (Å²) in [7, 11) is 0. The maximum Gasteiger partial charge on any atom is 0.253 e. The maximum absolute atomic E-state index is 13.2. The third-order valence-electron chi connectivity index (χ3n) is 5.76. The lowest BCUT2D eigenvalue weighted by Crippen LogP contribution is -2.29. The van der Waals surface area contributed by atoms with Gasteiger partial charge >= 0.3 is 0 Å². The molecule has 4 rings (SSSR count). The van der Waals surface area contributed by atoms with Crippen molar-refractivity contribution < 1.29 is 18.8 Å². The molecule has 7 heteroatoms. The molecule has 0 spiro atoms. The van der Waals surface area contributed by atoms with E-state index >= 15 is 0 Å². The van der Waals surface area contributed by atoms with Gasteiger partial charge in [0.05, 0.1) is 17.2 Å². The number of aryl methyl sites for hydroxylation is 1. The third-order valence-corrected chi connectivity index (χ3v) is 5.76. The Morgan fingerprint density at radius 2 is 1.70 bits per heavy atom. The third kappa shape index (κ3) is 5.09. The molecule has 0 saturated carbocycles. The Labute approximate surface area is 191 Å². The highest BCUT2D eigenvalue weighted by Crippen LogP contribution is 2.27. The van der Waals surface area contributed by atoms with Gasteiger partial charge in [0, 0.05) is 25.2 Å². The van der Waals surface area contributed by atoms with Crippen LogP contribution >= 0.6 is 0 Å². The van der Waals surface area contributed by atoms with Crippen LogP contribution in [0.5, 0.6) is 0 Å². The lowest BCUT2D eigenvalue weighted by atomic mass is 10.1. The van der Waals surface area contributed by atoms with Gasteiger partial charge in [0.15, 0.2) is 0 Å². The summed E-state index contributed by atoms with van der Waals surface area (Å²) in [6.07, 6.45) is 0.0465. The molecule has 0 bridgehead atoms. The molecule has 3 aromatic rings. The van der Waals surface area contributed by atoms with E-state index in [1.807, 2.05) is 31.2 Å². The molecule has 0 radical (unpaired) electrons. The normalized spacial score (nSPS) is 15.4. The Bertz CT molecular complexity index is 1190. The molecule has 1 atom stereocenters. The molecule has 3 amide bonds. The summed E-state index contributed by atoms with van der Waals surface area (Å²) in [4.78, 5) is 39.6. The molecule has 33 heavy (non-hydrogen) atoms. The van der Waals surface area contributed by atoms with E-state index in [0.717, 1.165) is 11.1 Å². The van der Waals surface area contributed by atoms with Crippen LogP contribution in [-0.2, 0) is 16.1 Å². The molecule has 1 aliphatic rings. The molecule has 1 saturated heterocycles. The van der Waals surface area contributed by atoms with Crippen molar-refractivity contribution >= 4 is 29.1 Å². The number of benzene rings is 3. The number of carbonyl (C=O) groups is 3. The molecule has 1 heterocycles. The van der Waals surface area contributed by atoms with Crippen LogP contribution in [0.1, 0.15) is 27.9 Å². The van der Waals surface area contributed by atoms with E-state index in [-0.39, 0.29) is 30.7 Å². The zero-order chi connectivity index (χ0) is 23.4. The topological polar surface area (TPSA) is 78.5 Å². The quantitative estimate of drug-likeness (QED) is 0.601. The largest absolute Gasteiger partial charge is 0.348 e. The van der Waals surface area contributed by atoms with Crippen LogP contribution < -0.4 is 15.5 Å². The number of hydrogen-bond donors (Lipinski definition) is 2. The minimum absolute atomic E-state index is 0.0465. The second-order valence-electron chi connectivity index (χ2n) is 8.03. The van der Waals surface area contributed by atoms with E-state index in [4.69, 9.17) is 0 Å². The van der Waals surface area contributed by atoms with E-state index in [1.165, 1.54) is 29.2 Å². The van der Waals surface area contributed by atoms with E-state index in [9.17, 15) is 18.8 Å². The second-order valence-corrected chi connectivity index (χ2v) is 8.03. The Kier molecular flexibility index (Phi) is 6.49. The van der Waals surface area contributed by atoms with Gasteiger partial charge in [-0.15, -0.1) is 0 Å². The molecular formula is C26H24FN3O3. The number of amides is 3. The van der Waals surface area contributed by atoms with E-state index < -0.39 is 11.7 Å². The predicted octanol–water partition coefficient (Wildman–Crippen LogP) is 4.06. The highest BCUT2D eigenvalue weighted by molar-refractivity contribution is 6.07. The number of para-hydroxylation sites is 1. The summed E-state index contributed by atoms with van der Waals surface area (Å²) < 4.78 is 13.2. The van der Waals surface area contributed by atoms with E-state index in [1.54, 1.807) is 24.3 Å². The molecule has 0 aliphatic carbocycles. The van der Waals surface area contributed by atoms with Gasteiger partial charge < -0.3 is 15.5 Å². The molecule has 0 unspecified atom stereocenters. The number of anilines is 2. The summed E-state index contributed by atoms with van der Waals surface area (Å²) >= 11 is 0. The standard InChI is InChI=1S/C26H24FN3O3/c1-17-6-2-3-7-18(17)15-28-26(33)22-8-4-5-9-23(22)29-25(32)19-14-24(31)30(16-19)21-12-10-20(27)11-13-21/h2-13,19H,14-16H2,1H3,(H,28,33)(H,29,32)/t19-/m0/s1. The van der Waals surface area contributed by atoms with Crippen LogP contribution in [0.25, 0.3) is 0 Å². The average Bonchev–Trinajstić information content (AvgIpc) is 3.21. The Morgan fingerprint density at radius 1 is 1.00 bits per heavy atom. The van der Waals surface area contributed by atoms with Crippen molar-refractivity contribution in [1.29, 1.82) is 0 Å². The maximum atomic E-state index is 13.2. The number of hydrogen-bond acceptors (Lipinski definition) is 3. The van der Waals surface area contributed by atoms with Crippen molar-refractivity contribution in [3.63, 3.8) is 0 Å². The molecule has 3 aromatic carbocycles. The summed E-state index contributed by atoms with van der Waals surface area (Å²) in [5.74, 6) is -1.81. The number of halogens is 1. The summed E-state index contributed by atoms with van der Waals surface area (Å²) in [6.45, 7) is 2.54. The minimum Gasteiger partial charge on any atom is -0.348 e. The molecule has 1 fully saturated rings. The van der Waals surface area contributed by atoms with Gasteiger partial charge in [-0.3, -0.25) is 14.4 Å². The lowest BCUT2D eigenvalue weighted by molar-refractivity contribution is -0.122. The zero-order valence-corrected chi connectivity index (χ0v) is 18.2. The van der Waals surface area contributed by atoms with Crippen LogP contribution in [-0.4, -0.2) is 24.3 Å². The SMILES string of the molecule is Cc1ccccc1CNC(=O)c1ccccc1NC(=O)[C@H]1CC(=O)N(c2ccc(F)cc2)C1. The molecule has 1 aliphatic heterocycles. The zero-order valence-electron chi connectivity index (χ0n) is 18.2. The fourth-order valence-electron chi connectivity index (χ4n) is 3.86. The van der Waals surface area contributed by atoms with Crippen LogP contribution in [0.4, 0.5) is 15.8 Å². The smallest absolute Gasteiger partial charge is 0.253 e. The fourth-order valence-corrected chi connectivity index (χ4v) is 3.86. The van der Waals surface area contributed by atoms with Gasteiger partial charge in [0.1, 0.15) is 5.82 Å². The van der Waals surface area contributed by atoms with Crippen molar-refractivity contribution in [3.8, 4) is 0 Å². The van der Waals surface area contributed by atoms with Crippen molar-refractivity contribution in [2.24, 2.45) is 5.92 Å². The van der Waals surface area contributed by atoms with Gasteiger partial charge in [0.2, 0.25) is 11.8 Å². The van der Waals surface area contributed by atoms with Crippen LogP contribution in [0.15, 0.2) is 72.8 Å². The van der Waals surface area contributed by atoms with Crippen LogP contribution in [0.3, 0.4) is 0 Å². The van der Waals surface area contributed by atoms with Gasteiger partial charge in [-0.2, -0.15) is 0 Å². The van der Waals surface area contributed by atoms with Crippen molar-refractivity contribution in [3.05, 3.63) is 95.3 Å². The molecule has 2 N–H and O–H groups in total. The number of nitrogens with one attached hydrogen (secondary N) is 2.